The number of nitrogens with one attached hydrogen (secondary N) is 1. The number of hydrogen-bond donors (Lipinski definition) is 1. The number of tetrazole rings is 1. The van der Waals surface area contributed by atoms with Gasteiger partial charge in [-0.05, 0) is 87.0 Å². The van der Waals surface area contributed by atoms with Crippen LogP contribution in [-0.2, 0) is 16.1 Å². The maximum Gasteiger partial charge on any atom is 0.251 e. The van der Waals surface area contributed by atoms with Crippen molar-refractivity contribution < 1.29 is 18.7 Å². The summed E-state index contributed by atoms with van der Waals surface area (Å²) < 4.78 is 10.8. The highest BCUT2D eigenvalue weighted by Gasteiger charge is 2.35. The van der Waals surface area contributed by atoms with E-state index < -0.39 is 17.5 Å². The molecular weight excluding hydrogens is 474 g/mol. The minimum absolute atomic E-state index is 0.257. The van der Waals surface area contributed by atoms with Gasteiger partial charge in [-0.25, -0.2) is 0 Å². The van der Waals surface area contributed by atoms with Gasteiger partial charge in [0, 0.05) is 23.6 Å². The Kier molecular flexibility index (Phi) is 7.32. The first-order valence-electron chi connectivity index (χ1n) is 11.7. The van der Waals surface area contributed by atoms with E-state index >= 15 is 0 Å². The molecule has 2 amide bonds. The Morgan fingerprint density at radius 1 is 1.08 bits per heavy atom. The van der Waals surface area contributed by atoms with Gasteiger partial charge in [-0.1, -0.05) is 0 Å². The van der Waals surface area contributed by atoms with E-state index in [0.717, 1.165) is 0 Å². The lowest BCUT2D eigenvalue weighted by atomic mass is 10.0. The second-order valence-electron chi connectivity index (χ2n) is 9.44. The maximum absolute atomic E-state index is 13.8. The fourth-order valence-corrected chi connectivity index (χ4v) is 3.74. The van der Waals surface area contributed by atoms with Crippen molar-refractivity contribution in [2.45, 2.75) is 45.8 Å². The molecule has 0 aliphatic rings. The van der Waals surface area contributed by atoms with Gasteiger partial charge in [0.1, 0.15) is 24.1 Å². The number of benzene rings is 1. The Balaban J connectivity index is 1.73. The molecule has 37 heavy (non-hydrogen) atoms. The Morgan fingerprint density at radius 2 is 1.78 bits per heavy atom. The normalized spacial score (nSPS) is 12.1. The van der Waals surface area contributed by atoms with Crippen molar-refractivity contribution in [1.82, 2.24) is 30.5 Å². The number of nitrogens with zero attached hydrogens (tertiary/aromatic N) is 6. The van der Waals surface area contributed by atoms with E-state index in [1.165, 1.54) is 9.70 Å². The first-order chi connectivity index (χ1) is 17.6. The molecule has 0 bridgehead atoms. The van der Waals surface area contributed by atoms with Crippen molar-refractivity contribution in [2.75, 3.05) is 12.0 Å². The molecule has 3 aromatic heterocycles. The molecule has 11 nitrogen and oxygen atoms in total. The van der Waals surface area contributed by atoms with Gasteiger partial charge in [-0.15, -0.1) is 10.2 Å². The molecule has 11 heteroatoms. The van der Waals surface area contributed by atoms with Crippen LogP contribution < -0.4 is 15.0 Å². The topological polar surface area (TPSA) is 128 Å². The van der Waals surface area contributed by atoms with Gasteiger partial charge in [0.2, 0.25) is 11.7 Å². The van der Waals surface area contributed by atoms with Crippen molar-refractivity contribution in [3.8, 4) is 17.3 Å². The molecule has 0 saturated heterocycles. The van der Waals surface area contributed by atoms with Crippen molar-refractivity contribution in [3.05, 3.63) is 72.2 Å². The van der Waals surface area contributed by atoms with Crippen LogP contribution in [0.1, 0.15) is 38.1 Å². The third-order valence-electron chi connectivity index (χ3n) is 5.34. The van der Waals surface area contributed by atoms with E-state index in [1.807, 2.05) is 27.7 Å². The number of ether oxygens (including phenoxy) is 1. The van der Waals surface area contributed by atoms with Gasteiger partial charge in [-0.3, -0.25) is 19.5 Å². The lowest BCUT2D eigenvalue weighted by Crippen LogP contribution is -2.50. The van der Waals surface area contributed by atoms with Crippen LogP contribution in [0, 0.1) is 6.92 Å². The number of carbonyl (C=O) groups is 2. The highest BCUT2D eigenvalue weighted by atomic mass is 16.5. The van der Waals surface area contributed by atoms with Crippen LogP contribution in [0.25, 0.3) is 11.6 Å². The number of methoxy groups -OCH3 is 1. The number of amides is 2. The number of aromatic nitrogens is 5. The predicted octanol–water partition coefficient (Wildman–Crippen LogP) is 3.33. The molecule has 192 valence electrons. The average Bonchev–Trinajstić information content (AvgIpc) is 3.50. The SMILES string of the molecule is COc1ccc(N(C(=O)Cn2nnc(-c3ccc(C)o3)n2)C(C(=O)NC(C)(C)C)c2ccncc2)cc1. The summed E-state index contributed by atoms with van der Waals surface area (Å²) in [7, 11) is 1.56. The quantitative estimate of drug-likeness (QED) is 0.388. The molecule has 0 radical (unpaired) electrons. The third-order valence-corrected chi connectivity index (χ3v) is 5.34. The zero-order valence-electron chi connectivity index (χ0n) is 21.4. The monoisotopic (exact) mass is 503 g/mol. The van der Waals surface area contributed by atoms with Crippen molar-refractivity contribution >= 4 is 17.5 Å². The first-order valence-corrected chi connectivity index (χ1v) is 11.7. The van der Waals surface area contributed by atoms with E-state index in [-0.39, 0.29) is 18.3 Å². The molecule has 0 spiro atoms. The number of aryl methyl sites for hydroxylation is 1. The van der Waals surface area contributed by atoms with Crippen LogP contribution in [0.2, 0.25) is 0 Å². The third kappa shape index (κ3) is 6.18. The maximum atomic E-state index is 13.8. The van der Waals surface area contributed by atoms with E-state index in [0.29, 0.717) is 28.5 Å². The lowest BCUT2D eigenvalue weighted by molar-refractivity contribution is -0.128. The number of pyridine rings is 1. The van der Waals surface area contributed by atoms with Gasteiger partial charge in [0.15, 0.2) is 5.76 Å². The summed E-state index contributed by atoms with van der Waals surface area (Å²) in [6, 6.07) is 12.9. The molecular formula is C26H29N7O4. The van der Waals surface area contributed by atoms with Crippen LogP contribution in [-0.4, -0.2) is 49.7 Å². The Bertz CT molecular complexity index is 1360. The van der Waals surface area contributed by atoms with E-state index in [4.69, 9.17) is 9.15 Å². The fourth-order valence-electron chi connectivity index (χ4n) is 3.74. The summed E-state index contributed by atoms with van der Waals surface area (Å²) in [5.41, 5.74) is 0.568. The standard InChI is InChI=1S/C26H29N7O4/c1-17-6-11-21(37-17)24-29-31-32(30-24)16-22(34)33(19-7-9-20(36-5)10-8-19)23(18-12-14-27-15-13-18)25(35)28-26(2,3)4/h6-15,23H,16H2,1-5H3,(H,28,35). The molecule has 1 N–H and O–H groups in total. The van der Waals surface area contributed by atoms with Crippen LogP contribution in [0.3, 0.4) is 0 Å². The van der Waals surface area contributed by atoms with Crippen LogP contribution in [0.15, 0.2) is 65.3 Å². The second-order valence-corrected chi connectivity index (χ2v) is 9.44. The molecule has 0 aliphatic carbocycles. The van der Waals surface area contributed by atoms with Crippen molar-refractivity contribution in [2.24, 2.45) is 0 Å². The molecule has 3 heterocycles. The molecule has 1 aromatic carbocycles. The summed E-state index contributed by atoms with van der Waals surface area (Å²) in [6.07, 6.45) is 3.17. The number of rotatable bonds is 8. The average molecular weight is 504 g/mol. The largest absolute Gasteiger partial charge is 0.497 e. The zero-order valence-corrected chi connectivity index (χ0v) is 21.4. The number of furan rings is 1. The molecule has 1 unspecified atom stereocenters. The summed E-state index contributed by atoms with van der Waals surface area (Å²) >= 11 is 0. The summed E-state index contributed by atoms with van der Waals surface area (Å²) in [6.45, 7) is 7.19. The molecule has 4 aromatic rings. The van der Waals surface area contributed by atoms with Gasteiger partial charge in [0.25, 0.3) is 5.91 Å². The highest BCUT2D eigenvalue weighted by Crippen LogP contribution is 2.30. The van der Waals surface area contributed by atoms with E-state index in [9.17, 15) is 9.59 Å². The second kappa shape index (κ2) is 10.6. The minimum Gasteiger partial charge on any atom is -0.497 e. The summed E-state index contributed by atoms with van der Waals surface area (Å²) in [5.74, 6) is 1.26. The van der Waals surface area contributed by atoms with Gasteiger partial charge in [0.05, 0.1) is 7.11 Å². The molecule has 1 atom stereocenters. The van der Waals surface area contributed by atoms with Crippen LogP contribution >= 0.6 is 0 Å². The number of hydrogen-bond acceptors (Lipinski definition) is 8. The lowest BCUT2D eigenvalue weighted by Gasteiger charge is -2.33. The molecule has 0 fully saturated rings. The predicted molar refractivity (Wildman–Crippen MR) is 136 cm³/mol. The Labute approximate surface area is 214 Å². The molecule has 0 aliphatic heterocycles. The number of carbonyl (C=O) groups excluding carboxylic acids is 2. The molecule has 4 rings (SSSR count). The summed E-state index contributed by atoms with van der Waals surface area (Å²) in [4.78, 5) is 34.2. The van der Waals surface area contributed by atoms with E-state index in [1.54, 1.807) is 68.0 Å². The highest BCUT2D eigenvalue weighted by molar-refractivity contribution is 6.01. The van der Waals surface area contributed by atoms with Crippen LogP contribution in [0.5, 0.6) is 5.75 Å². The zero-order chi connectivity index (χ0) is 26.6. The first kappa shape index (κ1) is 25.5. The van der Waals surface area contributed by atoms with E-state index in [2.05, 4.69) is 25.7 Å². The molecule has 0 saturated carbocycles. The van der Waals surface area contributed by atoms with Crippen molar-refractivity contribution in [3.63, 3.8) is 0 Å². The van der Waals surface area contributed by atoms with Gasteiger partial charge in [-0.2, -0.15) is 4.80 Å². The Hall–Kier alpha value is -4.54. The minimum atomic E-state index is -0.987. The Morgan fingerprint density at radius 3 is 2.38 bits per heavy atom. The van der Waals surface area contributed by atoms with Crippen molar-refractivity contribution in [1.29, 1.82) is 0 Å². The summed E-state index contributed by atoms with van der Waals surface area (Å²) in [5, 5.41) is 15.3. The van der Waals surface area contributed by atoms with Gasteiger partial charge < -0.3 is 14.5 Å². The smallest absolute Gasteiger partial charge is 0.251 e. The van der Waals surface area contributed by atoms with Gasteiger partial charge >= 0.3 is 0 Å². The number of anilines is 1. The fraction of sp³-hybridized carbons (Fsp3) is 0.308. The van der Waals surface area contributed by atoms with Crippen LogP contribution in [0.4, 0.5) is 5.69 Å².